The molecule has 0 amide bonds. The first-order valence-corrected chi connectivity index (χ1v) is 5.66. The summed E-state index contributed by atoms with van der Waals surface area (Å²) in [5.74, 6) is -0.0813. The third-order valence-electron chi connectivity index (χ3n) is 2.82. The van der Waals surface area contributed by atoms with Crippen LogP contribution in [0.1, 0.15) is 23.2 Å². The van der Waals surface area contributed by atoms with Gasteiger partial charge in [-0.05, 0) is 12.1 Å². The first-order chi connectivity index (χ1) is 8.92. The molecule has 0 aliphatic carbocycles. The number of Topliss-reactive ketones (excluding diaryl/α,β-unsaturated/α-hetero) is 1. The van der Waals surface area contributed by atoms with E-state index in [2.05, 4.69) is 4.98 Å². The van der Waals surface area contributed by atoms with Gasteiger partial charge >= 0.3 is 6.18 Å². The zero-order chi connectivity index (χ0) is 14.0. The van der Waals surface area contributed by atoms with Crippen molar-refractivity contribution in [1.82, 2.24) is 4.98 Å². The van der Waals surface area contributed by atoms with Crippen molar-refractivity contribution >= 4 is 16.7 Å². The number of fused-ring (bicyclic) bond motifs is 1. The van der Waals surface area contributed by atoms with Crippen LogP contribution in [0.3, 0.4) is 0 Å². The van der Waals surface area contributed by atoms with Crippen molar-refractivity contribution in [2.75, 3.05) is 7.11 Å². The lowest BCUT2D eigenvalue weighted by Crippen LogP contribution is -2.10. The maximum Gasteiger partial charge on any atom is 0.389 e. The first kappa shape index (κ1) is 13.5. The van der Waals surface area contributed by atoms with Crippen molar-refractivity contribution < 1.29 is 22.7 Å². The van der Waals surface area contributed by atoms with E-state index in [0.29, 0.717) is 16.7 Å². The van der Waals surface area contributed by atoms with Gasteiger partial charge in [-0.15, -0.1) is 0 Å². The number of halogens is 3. The van der Waals surface area contributed by atoms with Crippen LogP contribution in [0.4, 0.5) is 13.2 Å². The van der Waals surface area contributed by atoms with Crippen molar-refractivity contribution in [3.05, 3.63) is 30.0 Å². The molecule has 1 N–H and O–H groups in total. The van der Waals surface area contributed by atoms with Gasteiger partial charge in [-0.3, -0.25) is 4.79 Å². The van der Waals surface area contributed by atoms with Crippen molar-refractivity contribution in [1.29, 1.82) is 0 Å². The van der Waals surface area contributed by atoms with E-state index in [1.807, 2.05) is 0 Å². The second-order valence-corrected chi connectivity index (χ2v) is 4.12. The number of ketones is 1. The molecule has 1 aromatic carbocycles. The van der Waals surface area contributed by atoms with Crippen LogP contribution in [-0.4, -0.2) is 24.1 Å². The molecule has 0 aliphatic heterocycles. The van der Waals surface area contributed by atoms with Gasteiger partial charge in [0.1, 0.15) is 5.75 Å². The number of benzene rings is 1. The van der Waals surface area contributed by atoms with Crippen LogP contribution in [-0.2, 0) is 0 Å². The number of carbonyl (C=O) groups excluding carboxylic acids is 1. The maximum atomic E-state index is 12.1. The smallest absolute Gasteiger partial charge is 0.389 e. The molecular weight excluding hydrogens is 259 g/mol. The highest BCUT2D eigenvalue weighted by atomic mass is 19.4. The van der Waals surface area contributed by atoms with Crippen LogP contribution >= 0.6 is 0 Å². The predicted octanol–water partition coefficient (Wildman–Crippen LogP) is 3.70. The zero-order valence-electron chi connectivity index (χ0n) is 10.2. The molecule has 0 bridgehead atoms. The van der Waals surface area contributed by atoms with Gasteiger partial charge in [-0.1, -0.05) is 6.07 Å². The summed E-state index contributed by atoms with van der Waals surface area (Å²) in [6.07, 6.45) is -4.58. The summed E-state index contributed by atoms with van der Waals surface area (Å²) >= 11 is 0. The van der Waals surface area contributed by atoms with E-state index in [0.717, 1.165) is 0 Å². The lowest BCUT2D eigenvalue weighted by atomic mass is 10.0. The molecule has 0 unspecified atom stereocenters. The summed E-state index contributed by atoms with van der Waals surface area (Å²) in [6.45, 7) is 0. The highest BCUT2D eigenvalue weighted by Gasteiger charge is 2.28. The van der Waals surface area contributed by atoms with Gasteiger partial charge in [-0.2, -0.15) is 13.2 Å². The molecule has 3 nitrogen and oxygen atoms in total. The highest BCUT2D eigenvalue weighted by Crippen LogP contribution is 2.30. The molecule has 6 heteroatoms. The molecule has 102 valence electrons. The van der Waals surface area contributed by atoms with Gasteiger partial charge in [0.25, 0.3) is 0 Å². The maximum absolute atomic E-state index is 12.1. The number of rotatable bonds is 4. The Kier molecular flexibility index (Phi) is 3.50. The van der Waals surface area contributed by atoms with E-state index < -0.39 is 24.8 Å². The fraction of sp³-hybridized carbons (Fsp3) is 0.308. The van der Waals surface area contributed by atoms with Crippen LogP contribution in [0.15, 0.2) is 24.4 Å². The fourth-order valence-electron chi connectivity index (χ4n) is 1.93. The summed E-state index contributed by atoms with van der Waals surface area (Å²) in [6, 6.07) is 5.14. The minimum atomic E-state index is -4.33. The second kappa shape index (κ2) is 4.95. The third-order valence-corrected chi connectivity index (χ3v) is 2.82. The predicted molar refractivity (Wildman–Crippen MR) is 64.5 cm³/mol. The number of alkyl halides is 3. The molecule has 0 saturated heterocycles. The summed E-state index contributed by atoms with van der Waals surface area (Å²) in [5.41, 5.74) is 0.895. The molecule has 0 fully saturated rings. The van der Waals surface area contributed by atoms with E-state index in [4.69, 9.17) is 4.74 Å². The number of aromatic amines is 1. The normalized spacial score (nSPS) is 11.8. The average molecular weight is 271 g/mol. The van der Waals surface area contributed by atoms with E-state index in [-0.39, 0.29) is 5.56 Å². The number of hydrogen-bond donors (Lipinski definition) is 1. The highest BCUT2D eigenvalue weighted by molar-refractivity contribution is 6.09. The van der Waals surface area contributed by atoms with Crippen molar-refractivity contribution in [3.8, 4) is 5.75 Å². The summed E-state index contributed by atoms with van der Waals surface area (Å²) in [4.78, 5) is 14.7. The fourth-order valence-corrected chi connectivity index (χ4v) is 1.93. The SMILES string of the molecule is COc1cccc2[nH]cc(C(=O)CCC(F)(F)F)c12. The molecule has 0 saturated carbocycles. The van der Waals surface area contributed by atoms with Gasteiger partial charge in [0.05, 0.1) is 18.9 Å². The van der Waals surface area contributed by atoms with Crippen LogP contribution in [0.2, 0.25) is 0 Å². The first-order valence-electron chi connectivity index (χ1n) is 5.66. The Morgan fingerprint density at radius 3 is 2.74 bits per heavy atom. The van der Waals surface area contributed by atoms with Crippen LogP contribution in [0, 0.1) is 0 Å². The Balaban J connectivity index is 2.32. The van der Waals surface area contributed by atoms with Gasteiger partial charge in [0.15, 0.2) is 5.78 Å². The second-order valence-electron chi connectivity index (χ2n) is 4.12. The van der Waals surface area contributed by atoms with Crippen LogP contribution in [0.5, 0.6) is 5.75 Å². The number of ether oxygens (including phenoxy) is 1. The average Bonchev–Trinajstić information content (AvgIpc) is 2.78. The Morgan fingerprint density at radius 1 is 1.37 bits per heavy atom. The Labute approximate surface area is 107 Å². The Hall–Kier alpha value is -1.98. The number of carbonyl (C=O) groups is 1. The number of aromatic nitrogens is 1. The molecule has 0 aliphatic rings. The Morgan fingerprint density at radius 2 is 2.11 bits per heavy atom. The summed E-state index contributed by atoms with van der Waals surface area (Å²) in [5, 5.41) is 0.525. The van der Waals surface area contributed by atoms with Crippen molar-refractivity contribution in [3.63, 3.8) is 0 Å². The summed E-state index contributed by atoms with van der Waals surface area (Å²) in [7, 11) is 1.45. The monoisotopic (exact) mass is 271 g/mol. The number of methoxy groups -OCH3 is 1. The minimum Gasteiger partial charge on any atom is -0.496 e. The molecule has 1 aromatic heterocycles. The van der Waals surface area contributed by atoms with Gasteiger partial charge in [0, 0.05) is 23.7 Å². The number of hydrogen-bond acceptors (Lipinski definition) is 2. The van der Waals surface area contributed by atoms with E-state index >= 15 is 0 Å². The number of H-pyrrole nitrogens is 1. The van der Waals surface area contributed by atoms with Gasteiger partial charge in [0.2, 0.25) is 0 Å². The molecule has 2 rings (SSSR count). The van der Waals surface area contributed by atoms with E-state index in [1.54, 1.807) is 18.2 Å². The topological polar surface area (TPSA) is 42.1 Å². The van der Waals surface area contributed by atoms with E-state index in [9.17, 15) is 18.0 Å². The standard InChI is InChI=1S/C13H12F3NO2/c1-19-11-4-2-3-9-12(11)8(7-17-9)10(18)5-6-13(14,15)16/h2-4,7,17H,5-6H2,1H3. The molecule has 0 atom stereocenters. The molecule has 2 aromatic rings. The largest absolute Gasteiger partial charge is 0.496 e. The summed E-state index contributed by atoms with van der Waals surface area (Å²) < 4.78 is 41.5. The van der Waals surface area contributed by atoms with Gasteiger partial charge < -0.3 is 9.72 Å². The van der Waals surface area contributed by atoms with Crippen molar-refractivity contribution in [2.45, 2.75) is 19.0 Å². The molecule has 1 heterocycles. The molecule has 0 spiro atoms. The third kappa shape index (κ3) is 2.89. The quantitative estimate of drug-likeness (QED) is 0.861. The zero-order valence-corrected chi connectivity index (χ0v) is 10.2. The molecular formula is C13H12F3NO2. The lowest BCUT2D eigenvalue weighted by Gasteiger charge is -2.06. The van der Waals surface area contributed by atoms with Crippen molar-refractivity contribution in [2.24, 2.45) is 0 Å². The van der Waals surface area contributed by atoms with Gasteiger partial charge in [-0.25, -0.2) is 0 Å². The minimum absolute atomic E-state index is 0.233. The Bertz CT molecular complexity index is 601. The molecule has 0 radical (unpaired) electrons. The lowest BCUT2D eigenvalue weighted by molar-refractivity contribution is -0.133. The van der Waals surface area contributed by atoms with Crippen LogP contribution < -0.4 is 4.74 Å². The number of nitrogens with one attached hydrogen (secondary N) is 1. The molecule has 19 heavy (non-hydrogen) atoms. The van der Waals surface area contributed by atoms with E-state index in [1.165, 1.54) is 13.3 Å². The van der Waals surface area contributed by atoms with Crippen LogP contribution in [0.25, 0.3) is 10.9 Å².